The Hall–Kier alpha value is -3.18. The maximum absolute atomic E-state index is 13.3. The summed E-state index contributed by atoms with van der Waals surface area (Å²) in [5.74, 6) is -0.328. The number of rotatable bonds is 6. The van der Waals surface area contributed by atoms with Crippen LogP contribution in [-0.2, 0) is 12.7 Å². The van der Waals surface area contributed by atoms with E-state index in [9.17, 15) is 23.1 Å². The van der Waals surface area contributed by atoms with Crippen molar-refractivity contribution in [2.45, 2.75) is 50.6 Å². The minimum absolute atomic E-state index is 0.00438. The average molecular weight is 474 g/mol. The first-order valence-corrected chi connectivity index (χ1v) is 11.3. The summed E-state index contributed by atoms with van der Waals surface area (Å²) in [4.78, 5) is 19.0. The SMILES string of the molecule is O=C(Nc1nc2cc(C(F)(F)F)cc(NC3CC3)n2n1)c1ccc(CN2CCC(O)CC2)cc1. The predicted octanol–water partition coefficient (Wildman–Crippen LogP) is 3.53. The van der Waals surface area contributed by atoms with Crippen molar-refractivity contribution in [3.8, 4) is 0 Å². The maximum Gasteiger partial charge on any atom is 0.416 e. The molecular weight excluding hydrogens is 449 g/mol. The van der Waals surface area contributed by atoms with Gasteiger partial charge in [0.15, 0.2) is 5.65 Å². The van der Waals surface area contributed by atoms with Gasteiger partial charge in [-0.05, 0) is 55.5 Å². The number of hydrogen-bond donors (Lipinski definition) is 3. The summed E-state index contributed by atoms with van der Waals surface area (Å²) in [5.41, 5.74) is 0.612. The molecule has 0 unspecified atom stereocenters. The highest BCUT2D eigenvalue weighted by Gasteiger charge is 2.33. The zero-order chi connectivity index (χ0) is 23.9. The lowest BCUT2D eigenvalue weighted by Gasteiger charge is -2.29. The summed E-state index contributed by atoms with van der Waals surface area (Å²) < 4.78 is 41.2. The van der Waals surface area contributed by atoms with Crippen molar-refractivity contribution in [3.63, 3.8) is 0 Å². The molecule has 0 radical (unpaired) electrons. The highest BCUT2D eigenvalue weighted by molar-refractivity contribution is 6.03. The number of anilines is 2. The predicted molar refractivity (Wildman–Crippen MR) is 120 cm³/mol. The van der Waals surface area contributed by atoms with Crippen LogP contribution in [0.15, 0.2) is 36.4 Å². The van der Waals surface area contributed by atoms with Crippen molar-refractivity contribution in [2.24, 2.45) is 0 Å². The van der Waals surface area contributed by atoms with E-state index in [2.05, 4.69) is 25.6 Å². The van der Waals surface area contributed by atoms with Crippen molar-refractivity contribution in [1.82, 2.24) is 19.5 Å². The van der Waals surface area contributed by atoms with Crippen LogP contribution in [0.3, 0.4) is 0 Å². The quantitative estimate of drug-likeness (QED) is 0.506. The first kappa shape index (κ1) is 22.6. The van der Waals surface area contributed by atoms with Crippen LogP contribution in [0.5, 0.6) is 0 Å². The van der Waals surface area contributed by atoms with Gasteiger partial charge in [-0.3, -0.25) is 15.0 Å². The lowest BCUT2D eigenvalue weighted by atomic mass is 10.1. The maximum atomic E-state index is 13.3. The normalized spacial score (nSPS) is 17.8. The van der Waals surface area contributed by atoms with Gasteiger partial charge in [-0.2, -0.15) is 22.7 Å². The Morgan fingerprint density at radius 2 is 1.79 bits per heavy atom. The van der Waals surface area contributed by atoms with Gasteiger partial charge >= 0.3 is 6.18 Å². The number of hydrogen-bond acceptors (Lipinski definition) is 6. The number of benzene rings is 1. The molecule has 1 saturated carbocycles. The van der Waals surface area contributed by atoms with Gasteiger partial charge < -0.3 is 10.4 Å². The van der Waals surface area contributed by atoms with Gasteiger partial charge in [0.25, 0.3) is 5.91 Å². The van der Waals surface area contributed by atoms with Gasteiger partial charge in [-0.15, -0.1) is 5.10 Å². The number of carbonyl (C=O) groups excluding carboxylic acids is 1. The Labute approximate surface area is 193 Å². The second kappa shape index (κ2) is 8.88. The summed E-state index contributed by atoms with van der Waals surface area (Å²) in [6, 6.07) is 9.15. The van der Waals surface area contributed by atoms with Crippen molar-refractivity contribution in [3.05, 3.63) is 53.1 Å². The van der Waals surface area contributed by atoms with E-state index in [4.69, 9.17) is 0 Å². The van der Waals surface area contributed by atoms with Crippen LogP contribution in [0.25, 0.3) is 5.65 Å². The van der Waals surface area contributed by atoms with E-state index in [0.29, 0.717) is 5.56 Å². The molecular formula is C23H25F3N6O2. The number of aliphatic hydroxyl groups excluding tert-OH is 1. The second-order valence-corrected chi connectivity index (χ2v) is 8.91. The van der Waals surface area contributed by atoms with Crippen molar-refractivity contribution < 1.29 is 23.1 Å². The Balaban J connectivity index is 1.30. The standard InChI is InChI=1S/C23H25F3N6O2/c24-23(25,26)16-11-19(27-17-5-6-17)32-20(12-16)28-22(30-32)29-21(34)15-3-1-14(2-4-15)13-31-9-7-18(33)8-10-31/h1-4,11-12,17-18,27,33H,5-10,13H2,(H,29,30,34). The van der Waals surface area contributed by atoms with Crippen LogP contribution in [0.2, 0.25) is 0 Å². The van der Waals surface area contributed by atoms with Crippen molar-refractivity contribution in [2.75, 3.05) is 23.7 Å². The number of likely N-dealkylation sites (tertiary alicyclic amines) is 1. The number of carbonyl (C=O) groups is 1. The Morgan fingerprint density at radius 1 is 1.09 bits per heavy atom. The fourth-order valence-corrected chi connectivity index (χ4v) is 4.01. The number of nitrogens with zero attached hydrogens (tertiary/aromatic N) is 4. The van der Waals surface area contributed by atoms with Crippen molar-refractivity contribution >= 4 is 23.3 Å². The zero-order valence-corrected chi connectivity index (χ0v) is 18.3. The zero-order valence-electron chi connectivity index (χ0n) is 18.3. The van der Waals surface area contributed by atoms with E-state index >= 15 is 0 Å². The fraction of sp³-hybridized carbons (Fsp3) is 0.435. The Morgan fingerprint density at radius 3 is 2.44 bits per heavy atom. The van der Waals surface area contributed by atoms with E-state index in [1.807, 2.05) is 12.1 Å². The number of fused-ring (bicyclic) bond motifs is 1. The molecule has 1 saturated heterocycles. The van der Waals surface area contributed by atoms with Gasteiger partial charge in [0.2, 0.25) is 5.95 Å². The van der Waals surface area contributed by atoms with Gasteiger partial charge in [-0.25, -0.2) is 0 Å². The van der Waals surface area contributed by atoms with E-state index < -0.39 is 17.6 Å². The summed E-state index contributed by atoms with van der Waals surface area (Å²) in [7, 11) is 0. The second-order valence-electron chi connectivity index (χ2n) is 8.91. The monoisotopic (exact) mass is 474 g/mol. The molecule has 11 heteroatoms. The lowest BCUT2D eigenvalue weighted by molar-refractivity contribution is -0.137. The molecule has 1 aromatic carbocycles. The molecule has 180 valence electrons. The Bertz CT molecular complexity index is 1180. The molecule has 34 heavy (non-hydrogen) atoms. The summed E-state index contributed by atoms with van der Waals surface area (Å²) in [6.45, 7) is 2.40. The molecule has 5 rings (SSSR count). The van der Waals surface area contributed by atoms with Gasteiger partial charge in [0.1, 0.15) is 5.82 Å². The van der Waals surface area contributed by atoms with Gasteiger partial charge in [0.05, 0.1) is 11.7 Å². The van der Waals surface area contributed by atoms with Crippen LogP contribution in [0.1, 0.15) is 47.2 Å². The minimum atomic E-state index is -4.52. The number of amides is 1. The van der Waals surface area contributed by atoms with Crippen LogP contribution >= 0.6 is 0 Å². The Kier molecular flexibility index (Phi) is 5.90. The van der Waals surface area contributed by atoms with E-state index in [1.165, 1.54) is 4.52 Å². The van der Waals surface area contributed by atoms with Crippen LogP contribution in [0.4, 0.5) is 24.9 Å². The van der Waals surface area contributed by atoms with Crippen LogP contribution in [0, 0.1) is 0 Å². The third kappa shape index (κ3) is 5.15. The highest BCUT2D eigenvalue weighted by atomic mass is 19.4. The molecule has 3 N–H and O–H groups in total. The number of alkyl halides is 3. The number of halogens is 3. The summed E-state index contributed by atoms with van der Waals surface area (Å²) in [6.07, 6.45) is -1.47. The summed E-state index contributed by atoms with van der Waals surface area (Å²) in [5, 5.41) is 19.4. The number of piperidine rings is 1. The number of nitrogens with one attached hydrogen (secondary N) is 2. The smallest absolute Gasteiger partial charge is 0.393 e. The van der Waals surface area contributed by atoms with E-state index in [0.717, 1.165) is 63.0 Å². The minimum Gasteiger partial charge on any atom is -0.393 e. The molecule has 2 fully saturated rings. The molecule has 1 amide bonds. The summed E-state index contributed by atoms with van der Waals surface area (Å²) >= 11 is 0. The number of pyridine rings is 1. The molecule has 0 bridgehead atoms. The molecule has 3 aromatic rings. The lowest BCUT2D eigenvalue weighted by Crippen LogP contribution is -2.35. The van der Waals surface area contributed by atoms with Crippen LogP contribution in [-0.4, -0.2) is 55.7 Å². The average Bonchev–Trinajstić information content (AvgIpc) is 3.51. The molecule has 2 aromatic heterocycles. The first-order valence-electron chi connectivity index (χ1n) is 11.3. The third-order valence-electron chi connectivity index (χ3n) is 6.10. The molecule has 3 heterocycles. The molecule has 1 aliphatic carbocycles. The molecule has 0 spiro atoms. The molecule has 2 aliphatic rings. The van der Waals surface area contributed by atoms with Crippen LogP contribution < -0.4 is 10.6 Å². The van der Waals surface area contributed by atoms with Gasteiger partial charge in [0, 0.05) is 31.2 Å². The topological polar surface area (TPSA) is 94.8 Å². The first-order chi connectivity index (χ1) is 16.2. The van der Waals surface area contributed by atoms with E-state index in [-0.39, 0.29) is 29.6 Å². The largest absolute Gasteiger partial charge is 0.416 e. The van der Waals surface area contributed by atoms with Crippen molar-refractivity contribution in [1.29, 1.82) is 0 Å². The molecule has 0 atom stereocenters. The third-order valence-corrected chi connectivity index (χ3v) is 6.10. The molecule has 8 nitrogen and oxygen atoms in total. The highest BCUT2D eigenvalue weighted by Crippen LogP contribution is 2.33. The number of aliphatic hydroxyl groups is 1. The fourth-order valence-electron chi connectivity index (χ4n) is 4.01. The van der Waals surface area contributed by atoms with Gasteiger partial charge in [-0.1, -0.05) is 12.1 Å². The van der Waals surface area contributed by atoms with E-state index in [1.54, 1.807) is 12.1 Å². The molecule has 1 aliphatic heterocycles. The number of aromatic nitrogens is 3.